The van der Waals surface area contributed by atoms with Crippen LogP contribution in [-0.4, -0.2) is 21.9 Å². The fourth-order valence-electron chi connectivity index (χ4n) is 3.46. The molecule has 0 amide bonds. The van der Waals surface area contributed by atoms with Crippen LogP contribution in [0.1, 0.15) is 39.4 Å². The number of aliphatic hydroxyl groups is 1. The van der Waals surface area contributed by atoms with Crippen LogP contribution in [0, 0.1) is 5.92 Å². The van der Waals surface area contributed by atoms with Gasteiger partial charge in [0.1, 0.15) is 5.60 Å². The molecule has 3 nitrogen and oxygen atoms in total. The smallest absolute Gasteiger partial charge is 0.313 e. The van der Waals surface area contributed by atoms with Crippen molar-refractivity contribution < 1.29 is 14.6 Å². The Kier molecular flexibility index (Phi) is 7.27. The number of halogens is 1. The largest absolute Gasteiger partial charge is 0.460 e. The fourth-order valence-corrected chi connectivity index (χ4v) is 5.17. The molecule has 0 saturated carbocycles. The van der Waals surface area contributed by atoms with Gasteiger partial charge >= 0.3 is 5.97 Å². The Labute approximate surface area is 191 Å². The van der Waals surface area contributed by atoms with E-state index in [2.05, 4.69) is 15.9 Å². The number of hydrogen-bond acceptors (Lipinski definition) is 4. The lowest BCUT2D eigenvalue weighted by molar-refractivity contribution is -0.164. The molecule has 0 heterocycles. The molecule has 3 aromatic rings. The van der Waals surface area contributed by atoms with Gasteiger partial charge in [-0.05, 0) is 65.2 Å². The second kappa shape index (κ2) is 9.54. The minimum absolute atomic E-state index is 0.215. The Morgan fingerprint density at radius 2 is 1.63 bits per heavy atom. The van der Waals surface area contributed by atoms with Gasteiger partial charge in [-0.3, -0.25) is 4.79 Å². The first-order valence-electron chi connectivity index (χ1n) is 9.97. The maximum Gasteiger partial charge on any atom is 0.313 e. The number of fused-ring (bicyclic) bond motifs is 1. The molecule has 5 heteroatoms. The molecule has 3 atom stereocenters. The van der Waals surface area contributed by atoms with Gasteiger partial charge < -0.3 is 9.84 Å². The van der Waals surface area contributed by atoms with E-state index in [0.717, 1.165) is 25.7 Å². The Morgan fingerprint density at radius 1 is 1.00 bits per heavy atom. The summed E-state index contributed by atoms with van der Waals surface area (Å²) in [5, 5.41) is 13.2. The normalized spacial score (nSPS) is 14.9. The van der Waals surface area contributed by atoms with Crippen molar-refractivity contribution in [3.63, 3.8) is 0 Å². The SMILES string of the molecule is C[C@@H](Sc1ccccc1Br)[C@H](C(=O)OC(C)(C)C)[C@@H](O)c1cccc2ccccc12. The zero-order chi connectivity index (χ0) is 21.9. The van der Waals surface area contributed by atoms with Crippen molar-refractivity contribution in [3.8, 4) is 0 Å². The minimum Gasteiger partial charge on any atom is -0.460 e. The summed E-state index contributed by atoms with van der Waals surface area (Å²) in [4.78, 5) is 14.2. The highest BCUT2D eigenvalue weighted by Gasteiger charge is 2.37. The van der Waals surface area contributed by atoms with Crippen molar-refractivity contribution in [3.05, 3.63) is 76.8 Å². The molecule has 3 aromatic carbocycles. The third-order valence-corrected chi connectivity index (χ3v) is 7.05. The maximum atomic E-state index is 13.2. The summed E-state index contributed by atoms with van der Waals surface area (Å²) in [6, 6.07) is 21.6. The summed E-state index contributed by atoms with van der Waals surface area (Å²) in [7, 11) is 0. The first-order chi connectivity index (χ1) is 14.2. The van der Waals surface area contributed by atoms with Gasteiger partial charge in [0.2, 0.25) is 0 Å². The molecule has 158 valence electrons. The van der Waals surface area contributed by atoms with Gasteiger partial charge in [-0.2, -0.15) is 0 Å². The molecule has 30 heavy (non-hydrogen) atoms. The Bertz CT molecular complexity index is 1020. The topological polar surface area (TPSA) is 46.5 Å². The van der Waals surface area contributed by atoms with Crippen LogP contribution >= 0.6 is 27.7 Å². The van der Waals surface area contributed by atoms with E-state index in [1.54, 1.807) is 11.8 Å². The second-order valence-electron chi connectivity index (χ2n) is 8.33. The second-order valence-corrected chi connectivity index (χ2v) is 10.6. The zero-order valence-electron chi connectivity index (χ0n) is 17.6. The third kappa shape index (κ3) is 5.45. The van der Waals surface area contributed by atoms with Crippen molar-refractivity contribution in [2.24, 2.45) is 5.92 Å². The van der Waals surface area contributed by atoms with E-state index in [-0.39, 0.29) is 5.25 Å². The number of benzene rings is 3. The number of esters is 1. The quantitative estimate of drug-likeness (QED) is 0.308. The first kappa shape index (κ1) is 22.9. The van der Waals surface area contributed by atoms with Crippen molar-refractivity contribution in [1.82, 2.24) is 0 Å². The highest BCUT2D eigenvalue weighted by atomic mass is 79.9. The van der Waals surface area contributed by atoms with Crippen molar-refractivity contribution in [2.45, 2.75) is 49.5 Å². The standard InChI is InChI=1S/C25H27BrO3S/c1-16(30-21-15-8-7-14-20(21)26)22(24(28)29-25(2,3)4)23(27)19-13-9-11-17-10-5-6-12-18(17)19/h5-16,22-23,27H,1-4H3/t16-,22+,23+/m1/s1. The van der Waals surface area contributed by atoms with Crippen LogP contribution in [-0.2, 0) is 9.53 Å². The molecule has 1 N–H and O–H groups in total. The molecule has 0 fully saturated rings. The average molecular weight is 487 g/mol. The van der Waals surface area contributed by atoms with E-state index >= 15 is 0 Å². The van der Waals surface area contributed by atoms with E-state index in [9.17, 15) is 9.90 Å². The summed E-state index contributed by atoms with van der Waals surface area (Å²) in [6.07, 6.45) is -0.990. The van der Waals surface area contributed by atoms with Crippen LogP contribution in [0.25, 0.3) is 10.8 Å². The lowest BCUT2D eigenvalue weighted by Gasteiger charge is -2.31. The van der Waals surface area contributed by atoms with Gasteiger partial charge in [-0.15, -0.1) is 11.8 Å². The van der Waals surface area contributed by atoms with E-state index in [1.165, 1.54) is 0 Å². The number of thioether (sulfide) groups is 1. The molecule has 0 unspecified atom stereocenters. The first-order valence-corrected chi connectivity index (χ1v) is 11.6. The Balaban J connectivity index is 1.99. The van der Waals surface area contributed by atoms with Gasteiger partial charge in [0.05, 0.1) is 12.0 Å². The summed E-state index contributed by atoms with van der Waals surface area (Å²) in [5.41, 5.74) is 0.106. The molecule has 0 aliphatic carbocycles. The molecule has 0 aromatic heterocycles. The lowest BCUT2D eigenvalue weighted by Crippen LogP contribution is -2.36. The molecule has 0 spiro atoms. The highest BCUT2D eigenvalue weighted by molar-refractivity contribution is 9.10. The molecule has 0 bridgehead atoms. The van der Waals surface area contributed by atoms with E-state index < -0.39 is 23.6 Å². The molecule has 0 aliphatic heterocycles. The van der Waals surface area contributed by atoms with Gasteiger partial charge in [-0.1, -0.05) is 61.5 Å². The van der Waals surface area contributed by atoms with Gasteiger partial charge in [0.25, 0.3) is 0 Å². The van der Waals surface area contributed by atoms with E-state index in [0.29, 0.717) is 0 Å². The summed E-state index contributed by atoms with van der Waals surface area (Å²) in [6.45, 7) is 7.50. The maximum absolute atomic E-state index is 13.2. The third-order valence-electron chi connectivity index (χ3n) is 4.82. The van der Waals surface area contributed by atoms with Crippen LogP contribution in [0.5, 0.6) is 0 Å². The number of rotatable bonds is 6. The fraction of sp³-hybridized carbons (Fsp3) is 0.320. The average Bonchev–Trinajstić information content (AvgIpc) is 2.68. The molecule has 3 rings (SSSR count). The Morgan fingerprint density at radius 3 is 2.33 bits per heavy atom. The van der Waals surface area contributed by atoms with E-state index in [4.69, 9.17) is 4.74 Å². The molecule has 0 saturated heterocycles. The number of carbonyl (C=O) groups excluding carboxylic acids is 1. The van der Waals surface area contributed by atoms with Crippen LogP contribution in [0.2, 0.25) is 0 Å². The van der Waals surface area contributed by atoms with E-state index in [1.807, 2.05) is 94.4 Å². The molecule has 0 radical (unpaired) electrons. The summed E-state index contributed by atoms with van der Waals surface area (Å²) in [5.74, 6) is -1.12. The number of hydrogen-bond donors (Lipinski definition) is 1. The van der Waals surface area contributed by atoms with Crippen LogP contribution in [0.15, 0.2) is 76.1 Å². The lowest BCUT2D eigenvalue weighted by atomic mass is 9.89. The van der Waals surface area contributed by atoms with Crippen LogP contribution in [0.4, 0.5) is 0 Å². The zero-order valence-corrected chi connectivity index (χ0v) is 20.0. The minimum atomic E-state index is -0.990. The highest BCUT2D eigenvalue weighted by Crippen LogP contribution is 2.40. The predicted molar refractivity (Wildman–Crippen MR) is 128 cm³/mol. The summed E-state index contributed by atoms with van der Waals surface area (Å²) < 4.78 is 6.68. The number of aliphatic hydroxyl groups excluding tert-OH is 1. The van der Waals surface area contributed by atoms with Crippen molar-refractivity contribution in [1.29, 1.82) is 0 Å². The van der Waals surface area contributed by atoms with Gasteiger partial charge in [0.15, 0.2) is 0 Å². The molecular weight excluding hydrogens is 460 g/mol. The summed E-state index contributed by atoms with van der Waals surface area (Å²) >= 11 is 5.13. The molecular formula is C25H27BrO3S. The number of carbonyl (C=O) groups is 1. The monoisotopic (exact) mass is 486 g/mol. The van der Waals surface area contributed by atoms with Crippen LogP contribution < -0.4 is 0 Å². The molecule has 0 aliphatic rings. The van der Waals surface area contributed by atoms with Crippen molar-refractivity contribution in [2.75, 3.05) is 0 Å². The number of ether oxygens (including phenoxy) is 1. The predicted octanol–water partition coefficient (Wildman–Crippen LogP) is 6.77. The van der Waals surface area contributed by atoms with Crippen molar-refractivity contribution >= 4 is 44.4 Å². The Hall–Kier alpha value is -1.82. The van der Waals surface area contributed by atoms with Gasteiger partial charge in [0, 0.05) is 14.6 Å². The van der Waals surface area contributed by atoms with Crippen LogP contribution in [0.3, 0.4) is 0 Å². The van der Waals surface area contributed by atoms with Gasteiger partial charge in [-0.25, -0.2) is 0 Å².